The lowest BCUT2D eigenvalue weighted by atomic mass is 10.2. The maximum Gasteiger partial charge on any atom is 0.410 e. The van der Waals surface area contributed by atoms with Crippen molar-refractivity contribution in [3.05, 3.63) is 15.6 Å². The van der Waals surface area contributed by atoms with Gasteiger partial charge in [-0.3, -0.25) is 0 Å². The Labute approximate surface area is 128 Å². The fourth-order valence-corrected chi connectivity index (χ4v) is 3.06. The first kappa shape index (κ1) is 15.8. The first-order valence-corrected chi connectivity index (χ1v) is 7.66. The molecule has 1 amide bonds. The Balaban J connectivity index is 2.03. The number of hydrogen-bond donors (Lipinski definition) is 0. The Morgan fingerprint density at radius 3 is 2.52 bits per heavy atom. The lowest BCUT2D eigenvalue weighted by Gasteiger charge is -2.26. The minimum absolute atomic E-state index is 0.300. The van der Waals surface area contributed by atoms with Gasteiger partial charge in [0.05, 0.1) is 12.8 Å². The number of rotatable bonds is 1. The van der Waals surface area contributed by atoms with Crippen LogP contribution in [-0.2, 0) is 22.3 Å². The molecule has 1 aromatic heterocycles. The maximum atomic E-state index is 12.1. The summed E-state index contributed by atoms with van der Waals surface area (Å²) in [6, 6.07) is 0. The van der Waals surface area contributed by atoms with Gasteiger partial charge in [-0.25, -0.2) is 14.6 Å². The van der Waals surface area contributed by atoms with Crippen LogP contribution in [0.2, 0.25) is 0 Å². The minimum atomic E-state index is -0.496. The van der Waals surface area contributed by atoms with Crippen LogP contribution >= 0.6 is 11.3 Å². The number of ether oxygens (including phenoxy) is 2. The zero-order chi connectivity index (χ0) is 15.6. The van der Waals surface area contributed by atoms with Crippen molar-refractivity contribution in [2.75, 3.05) is 20.2 Å². The van der Waals surface area contributed by atoms with Crippen LogP contribution in [0, 0.1) is 0 Å². The number of nitrogens with zero attached hydrogens (tertiary/aromatic N) is 2. The molecule has 0 N–H and O–H groups in total. The highest BCUT2D eigenvalue weighted by molar-refractivity contribution is 7.13. The van der Waals surface area contributed by atoms with Gasteiger partial charge in [0.15, 0.2) is 0 Å². The molecule has 0 spiro atoms. The van der Waals surface area contributed by atoms with Crippen LogP contribution < -0.4 is 0 Å². The van der Waals surface area contributed by atoms with Crippen LogP contribution in [-0.4, -0.2) is 47.7 Å². The van der Waals surface area contributed by atoms with Crippen molar-refractivity contribution in [2.24, 2.45) is 0 Å². The van der Waals surface area contributed by atoms with Gasteiger partial charge in [-0.05, 0) is 20.8 Å². The van der Waals surface area contributed by atoms with Crippen LogP contribution in [0.25, 0.3) is 0 Å². The molecule has 21 heavy (non-hydrogen) atoms. The van der Waals surface area contributed by atoms with E-state index in [1.165, 1.54) is 18.4 Å². The second-order valence-corrected chi connectivity index (χ2v) is 6.93. The van der Waals surface area contributed by atoms with Gasteiger partial charge < -0.3 is 14.4 Å². The van der Waals surface area contributed by atoms with Crippen molar-refractivity contribution in [3.8, 4) is 0 Å². The first-order chi connectivity index (χ1) is 9.80. The summed E-state index contributed by atoms with van der Waals surface area (Å²) in [5, 5.41) is 0.383. The lowest BCUT2D eigenvalue weighted by Crippen LogP contribution is -2.38. The second-order valence-electron chi connectivity index (χ2n) is 5.85. The summed E-state index contributed by atoms with van der Waals surface area (Å²) < 4.78 is 10.1. The Bertz CT molecular complexity index is 522. The van der Waals surface area contributed by atoms with Crippen LogP contribution in [0.5, 0.6) is 0 Å². The summed E-state index contributed by atoms with van der Waals surface area (Å²) in [5.41, 5.74) is 0.385. The molecule has 1 aliphatic heterocycles. The van der Waals surface area contributed by atoms with E-state index >= 15 is 0 Å². The van der Waals surface area contributed by atoms with Crippen LogP contribution in [0.4, 0.5) is 4.79 Å². The molecule has 0 atom stereocenters. The molecule has 0 radical (unpaired) electrons. The highest BCUT2D eigenvalue weighted by Crippen LogP contribution is 2.24. The predicted octanol–water partition coefficient (Wildman–Crippen LogP) is 2.27. The van der Waals surface area contributed by atoms with E-state index in [2.05, 4.69) is 9.72 Å². The van der Waals surface area contributed by atoms with Gasteiger partial charge in [-0.2, -0.15) is 0 Å². The molecule has 6 nitrogen and oxygen atoms in total. The van der Waals surface area contributed by atoms with E-state index in [1.54, 1.807) is 4.90 Å². The first-order valence-electron chi connectivity index (χ1n) is 6.85. The van der Waals surface area contributed by atoms with Crippen molar-refractivity contribution < 1.29 is 19.1 Å². The van der Waals surface area contributed by atoms with E-state index in [-0.39, 0.29) is 6.09 Å². The molecule has 1 aromatic rings. The molecular weight excluding hydrogens is 292 g/mol. The van der Waals surface area contributed by atoms with Crippen molar-refractivity contribution in [1.82, 2.24) is 9.88 Å². The molecular formula is C14H20N2O4S. The van der Waals surface area contributed by atoms with Crippen LogP contribution in [0.1, 0.15) is 41.1 Å². The zero-order valence-corrected chi connectivity index (χ0v) is 13.6. The summed E-state index contributed by atoms with van der Waals surface area (Å²) in [5.74, 6) is -0.405. The largest absolute Gasteiger partial charge is 0.464 e. The summed E-state index contributed by atoms with van der Waals surface area (Å²) in [7, 11) is 1.35. The number of carbonyl (C=O) groups excluding carboxylic acids is 2. The fourth-order valence-electron chi connectivity index (χ4n) is 2.05. The number of hydrogen-bond acceptors (Lipinski definition) is 6. The molecule has 0 bridgehead atoms. The van der Waals surface area contributed by atoms with Crippen molar-refractivity contribution in [3.63, 3.8) is 0 Å². The number of aromatic nitrogens is 1. The normalized spacial score (nSPS) is 15.1. The second kappa shape index (κ2) is 6.01. The Hall–Kier alpha value is -1.63. The molecule has 0 unspecified atom stereocenters. The predicted molar refractivity (Wildman–Crippen MR) is 78.7 cm³/mol. The molecule has 2 heterocycles. The minimum Gasteiger partial charge on any atom is -0.464 e. The van der Waals surface area contributed by atoms with Crippen molar-refractivity contribution >= 4 is 23.4 Å². The SMILES string of the molecule is COC(=O)c1nc2c(s1)CCN(C(=O)OC(C)(C)C)CC2. The highest BCUT2D eigenvalue weighted by Gasteiger charge is 2.26. The fraction of sp³-hybridized carbons (Fsp3) is 0.643. The van der Waals surface area contributed by atoms with Crippen molar-refractivity contribution in [2.45, 2.75) is 39.2 Å². The number of methoxy groups -OCH3 is 1. The van der Waals surface area contributed by atoms with E-state index in [0.717, 1.165) is 10.6 Å². The summed E-state index contributed by atoms with van der Waals surface area (Å²) in [6.07, 6.45) is 1.01. The number of fused-ring (bicyclic) bond motifs is 1. The smallest absolute Gasteiger partial charge is 0.410 e. The lowest BCUT2D eigenvalue weighted by molar-refractivity contribution is 0.0258. The van der Waals surface area contributed by atoms with E-state index < -0.39 is 11.6 Å². The molecule has 0 aromatic carbocycles. The summed E-state index contributed by atoms with van der Waals surface area (Å²) in [6.45, 7) is 6.67. The average molecular weight is 312 g/mol. The molecule has 0 aliphatic carbocycles. The van der Waals surface area contributed by atoms with Gasteiger partial charge in [0.1, 0.15) is 5.60 Å². The molecule has 0 saturated heterocycles. The third kappa shape index (κ3) is 3.93. The molecule has 2 rings (SSSR count). The highest BCUT2D eigenvalue weighted by atomic mass is 32.1. The van der Waals surface area contributed by atoms with E-state index in [9.17, 15) is 9.59 Å². The molecule has 0 fully saturated rings. The monoisotopic (exact) mass is 312 g/mol. The molecule has 7 heteroatoms. The van der Waals surface area contributed by atoms with Gasteiger partial charge in [-0.1, -0.05) is 0 Å². The van der Waals surface area contributed by atoms with Crippen LogP contribution in [0.15, 0.2) is 0 Å². The standard InChI is InChI=1S/C14H20N2O4S/c1-14(2,3)20-13(18)16-7-5-9-10(6-8-16)21-11(15-9)12(17)19-4/h5-8H2,1-4H3. The summed E-state index contributed by atoms with van der Waals surface area (Å²) >= 11 is 1.34. The Morgan fingerprint density at radius 1 is 1.24 bits per heavy atom. The average Bonchev–Trinajstić information content (AvgIpc) is 2.69. The molecule has 0 saturated carbocycles. The van der Waals surface area contributed by atoms with Gasteiger partial charge in [0.25, 0.3) is 0 Å². The molecule has 116 valence electrons. The van der Waals surface area contributed by atoms with Gasteiger partial charge in [-0.15, -0.1) is 11.3 Å². The van der Waals surface area contributed by atoms with Gasteiger partial charge >= 0.3 is 12.1 Å². The Kier molecular flexibility index (Phi) is 4.51. The number of thiazole rings is 1. The van der Waals surface area contributed by atoms with Crippen LogP contribution in [0.3, 0.4) is 0 Å². The van der Waals surface area contributed by atoms with Crippen molar-refractivity contribution in [1.29, 1.82) is 0 Å². The van der Waals surface area contributed by atoms with Gasteiger partial charge in [0.2, 0.25) is 5.01 Å². The third-order valence-corrected chi connectivity index (χ3v) is 4.15. The zero-order valence-electron chi connectivity index (χ0n) is 12.8. The quantitative estimate of drug-likeness (QED) is 0.744. The topological polar surface area (TPSA) is 68.7 Å². The number of esters is 1. The maximum absolute atomic E-state index is 12.1. The van der Waals surface area contributed by atoms with E-state index in [1.807, 2.05) is 20.8 Å². The molecule has 1 aliphatic rings. The third-order valence-electron chi connectivity index (χ3n) is 3.02. The number of carbonyl (C=O) groups is 2. The van der Waals surface area contributed by atoms with E-state index in [4.69, 9.17) is 4.74 Å². The van der Waals surface area contributed by atoms with E-state index in [0.29, 0.717) is 30.9 Å². The Morgan fingerprint density at radius 2 is 1.90 bits per heavy atom. The van der Waals surface area contributed by atoms with Gasteiger partial charge in [0, 0.05) is 30.8 Å². The summed E-state index contributed by atoms with van der Waals surface area (Å²) in [4.78, 5) is 30.6. The number of amides is 1.